The van der Waals surface area contributed by atoms with Gasteiger partial charge in [0.2, 0.25) is 0 Å². The Labute approximate surface area is 91.7 Å². The smallest absolute Gasteiger partial charge is 0.169 e. The molecule has 1 aromatic carbocycles. The Bertz CT molecular complexity index is 358. The number of hydrogen-bond acceptors (Lipinski definition) is 3. The summed E-state index contributed by atoms with van der Waals surface area (Å²) in [6, 6.07) is 5.63. The molecule has 0 saturated carbocycles. The fourth-order valence-electron chi connectivity index (χ4n) is 1.11. The van der Waals surface area contributed by atoms with Crippen molar-refractivity contribution in [3.8, 4) is 6.07 Å². The van der Waals surface area contributed by atoms with Gasteiger partial charge in [-0.1, -0.05) is 11.6 Å². The zero-order valence-electron chi connectivity index (χ0n) is 7.78. The number of nitriles is 1. The summed E-state index contributed by atoms with van der Waals surface area (Å²) < 4.78 is 17.9. The molecule has 0 heterocycles. The van der Waals surface area contributed by atoms with Gasteiger partial charge >= 0.3 is 0 Å². The summed E-state index contributed by atoms with van der Waals surface area (Å²) in [6.45, 7) is -0.173. The number of rotatable bonds is 4. The number of hydrogen-bond donors (Lipinski definition) is 1. The van der Waals surface area contributed by atoms with Crippen molar-refractivity contribution in [2.24, 2.45) is 0 Å². The van der Waals surface area contributed by atoms with Gasteiger partial charge in [0.25, 0.3) is 0 Å². The van der Waals surface area contributed by atoms with Gasteiger partial charge in [0.15, 0.2) is 6.10 Å². The van der Waals surface area contributed by atoms with E-state index in [0.717, 1.165) is 6.07 Å². The van der Waals surface area contributed by atoms with Gasteiger partial charge in [-0.3, -0.25) is 0 Å². The quantitative estimate of drug-likeness (QED) is 0.860. The molecule has 0 aliphatic carbocycles. The molecule has 0 fully saturated rings. The van der Waals surface area contributed by atoms with Crippen molar-refractivity contribution in [2.75, 3.05) is 13.2 Å². The minimum absolute atomic E-state index is 0.0202. The van der Waals surface area contributed by atoms with E-state index in [1.165, 1.54) is 12.1 Å². The Kier molecular flexibility index (Phi) is 4.50. The highest BCUT2D eigenvalue weighted by molar-refractivity contribution is 6.30. The Hall–Kier alpha value is -1.15. The Balaban J connectivity index is 2.87. The van der Waals surface area contributed by atoms with Crippen molar-refractivity contribution in [1.82, 2.24) is 0 Å². The summed E-state index contributed by atoms with van der Waals surface area (Å²) in [7, 11) is 0. The van der Waals surface area contributed by atoms with E-state index in [0.29, 0.717) is 5.56 Å². The van der Waals surface area contributed by atoms with Crippen LogP contribution in [-0.4, -0.2) is 18.3 Å². The zero-order chi connectivity index (χ0) is 11.3. The van der Waals surface area contributed by atoms with E-state index >= 15 is 0 Å². The molecule has 0 aliphatic rings. The van der Waals surface area contributed by atoms with E-state index in [1.807, 2.05) is 6.07 Å². The Morgan fingerprint density at radius 2 is 2.27 bits per heavy atom. The second kappa shape index (κ2) is 5.66. The molecule has 15 heavy (non-hydrogen) atoms. The van der Waals surface area contributed by atoms with Crippen molar-refractivity contribution in [3.63, 3.8) is 0 Å². The molecule has 0 saturated heterocycles. The highest BCUT2D eigenvalue weighted by Crippen LogP contribution is 2.21. The molecule has 0 radical (unpaired) electrons. The third kappa shape index (κ3) is 3.48. The van der Waals surface area contributed by atoms with Crippen molar-refractivity contribution in [1.29, 1.82) is 5.26 Å². The first-order valence-electron chi connectivity index (χ1n) is 4.25. The second-order valence-electron chi connectivity index (χ2n) is 2.81. The summed E-state index contributed by atoms with van der Waals surface area (Å²) >= 11 is 5.63. The maximum absolute atomic E-state index is 12.9. The molecular formula is C10H9ClFNO2. The molecule has 0 bridgehead atoms. The van der Waals surface area contributed by atoms with Crippen molar-refractivity contribution in [2.45, 2.75) is 6.10 Å². The third-order valence-corrected chi connectivity index (χ3v) is 1.90. The van der Waals surface area contributed by atoms with Crippen LogP contribution in [0.15, 0.2) is 18.2 Å². The number of halogens is 2. The van der Waals surface area contributed by atoms with Crippen LogP contribution in [0, 0.1) is 17.1 Å². The van der Waals surface area contributed by atoms with E-state index in [1.54, 1.807) is 0 Å². The van der Waals surface area contributed by atoms with Crippen molar-refractivity contribution < 1.29 is 14.2 Å². The normalized spacial score (nSPS) is 12.1. The summed E-state index contributed by atoms with van der Waals surface area (Å²) in [5, 5.41) is 17.5. The number of nitrogens with zero attached hydrogens (tertiary/aromatic N) is 1. The van der Waals surface area contributed by atoms with E-state index < -0.39 is 11.9 Å². The first kappa shape index (κ1) is 11.9. The fourth-order valence-corrected chi connectivity index (χ4v) is 1.34. The van der Waals surface area contributed by atoms with Crippen molar-refractivity contribution >= 4 is 11.6 Å². The lowest BCUT2D eigenvalue weighted by Gasteiger charge is -2.10. The molecule has 3 nitrogen and oxygen atoms in total. The third-order valence-electron chi connectivity index (χ3n) is 1.68. The van der Waals surface area contributed by atoms with Gasteiger partial charge in [0, 0.05) is 5.02 Å². The summed E-state index contributed by atoms with van der Waals surface area (Å²) in [5.74, 6) is -0.523. The molecular weight excluding hydrogens is 221 g/mol. The van der Waals surface area contributed by atoms with Crippen LogP contribution in [0.5, 0.6) is 0 Å². The first-order valence-corrected chi connectivity index (χ1v) is 4.63. The predicted octanol–water partition coefficient (Wildman–Crippen LogP) is 2.05. The van der Waals surface area contributed by atoms with Crippen LogP contribution >= 0.6 is 11.6 Å². The molecule has 80 valence electrons. The molecule has 1 aromatic rings. The standard InChI is InChI=1S/C10H9ClFNO2/c11-8-3-7(4-9(12)5-8)10(6-13)15-2-1-14/h3-5,10,14H,1-2H2. The molecule has 1 atom stereocenters. The van der Waals surface area contributed by atoms with Gasteiger partial charge in [-0.05, 0) is 23.8 Å². The maximum atomic E-state index is 12.9. The van der Waals surface area contributed by atoms with E-state index in [-0.39, 0.29) is 18.2 Å². The van der Waals surface area contributed by atoms with Crippen LogP contribution in [0.25, 0.3) is 0 Å². The largest absolute Gasteiger partial charge is 0.394 e. The average Bonchev–Trinajstić information content (AvgIpc) is 2.17. The topological polar surface area (TPSA) is 53.2 Å². The minimum atomic E-state index is -0.912. The van der Waals surface area contributed by atoms with Gasteiger partial charge in [-0.25, -0.2) is 4.39 Å². The van der Waals surface area contributed by atoms with Crippen LogP contribution in [0.4, 0.5) is 4.39 Å². The number of aliphatic hydroxyl groups is 1. The number of aliphatic hydroxyl groups excluding tert-OH is 1. The molecule has 1 unspecified atom stereocenters. The summed E-state index contributed by atoms with van der Waals surface area (Å²) in [4.78, 5) is 0. The highest BCUT2D eigenvalue weighted by Gasteiger charge is 2.12. The van der Waals surface area contributed by atoms with Gasteiger partial charge in [0.1, 0.15) is 5.82 Å². The monoisotopic (exact) mass is 229 g/mol. The van der Waals surface area contributed by atoms with E-state index in [4.69, 9.17) is 26.7 Å². The average molecular weight is 230 g/mol. The van der Waals surface area contributed by atoms with Gasteiger partial charge in [0.05, 0.1) is 19.3 Å². The minimum Gasteiger partial charge on any atom is -0.394 e. The van der Waals surface area contributed by atoms with Crippen LogP contribution in [0.3, 0.4) is 0 Å². The highest BCUT2D eigenvalue weighted by atomic mass is 35.5. The first-order chi connectivity index (χ1) is 7.17. The Morgan fingerprint density at radius 1 is 1.53 bits per heavy atom. The van der Waals surface area contributed by atoms with E-state index in [2.05, 4.69) is 0 Å². The maximum Gasteiger partial charge on any atom is 0.169 e. The zero-order valence-corrected chi connectivity index (χ0v) is 8.54. The Morgan fingerprint density at radius 3 is 2.80 bits per heavy atom. The van der Waals surface area contributed by atoms with E-state index in [9.17, 15) is 4.39 Å². The number of ether oxygens (including phenoxy) is 1. The molecule has 0 amide bonds. The SMILES string of the molecule is N#CC(OCCO)c1cc(F)cc(Cl)c1. The summed E-state index contributed by atoms with van der Waals surface area (Å²) in [5.41, 5.74) is 0.343. The lowest BCUT2D eigenvalue weighted by molar-refractivity contribution is 0.0580. The molecule has 0 spiro atoms. The lowest BCUT2D eigenvalue weighted by Crippen LogP contribution is -2.06. The molecule has 0 aliphatic heterocycles. The molecule has 1 N–H and O–H groups in total. The summed E-state index contributed by atoms with van der Waals surface area (Å²) in [6.07, 6.45) is -0.912. The fraction of sp³-hybridized carbons (Fsp3) is 0.300. The molecule has 1 rings (SSSR count). The van der Waals surface area contributed by atoms with Crippen LogP contribution in [-0.2, 0) is 4.74 Å². The predicted molar refractivity (Wildman–Crippen MR) is 52.8 cm³/mol. The van der Waals surface area contributed by atoms with Crippen molar-refractivity contribution in [3.05, 3.63) is 34.6 Å². The van der Waals surface area contributed by atoms with Crippen LogP contribution in [0.1, 0.15) is 11.7 Å². The van der Waals surface area contributed by atoms with Gasteiger partial charge in [-0.2, -0.15) is 5.26 Å². The molecule has 0 aromatic heterocycles. The van der Waals surface area contributed by atoms with Gasteiger partial charge < -0.3 is 9.84 Å². The lowest BCUT2D eigenvalue weighted by atomic mass is 10.1. The van der Waals surface area contributed by atoms with Crippen LogP contribution < -0.4 is 0 Å². The van der Waals surface area contributed by atoms with Crippen LogP contribution in [0.2, 0.25) is 5.02 Å². The van der Waals surface area contributed by atoms with Gasteiger partial charge in [-0.15, -0.1) is 0 Å². The number of benzene rings is 1. The molecule has 5 heteroatoms. The second-order valence-corrected chi connectivity index (χ2v) is 3.24.